The number of nitrogens with one attached hydrogen (secondary N) is 1. The standard InChI is InChI=1S/C16H25NO3/c1-12(7-10-18-3)17-13(2)14-5-6-15-16(11-14)20-9-4-8-19-15/h5-6,11-13,17H,4,7-10H2,1-3H3. The molecule has 1 aliphatic heterocycles. The Labute approximate surface area is 121 Å². The van der Waals surface area contributed by atoms with Crippen LogP contribution < -0.4 is 14.8 Å². The van der Waals surface area contributed by atoms with Crippen molar-refractivity contribution in [1.29, 1.82) is 0 Å². The minimum absolute atomic E-state index is 0.277. The van der Waals surface area contributed by atoms with E-state index in [4.69, 9.17) is 14.2 Å². The highest BCUT2D eigenvalue weighted by atomic mass is 16.5. The molecule has 0 aromatic heterocycles. The Kier molecular flexibility index (Phi) is 5.68. The number of fused-ring (bicyclic) bond motifs is 1. The van der Waals surface area contributed by atoms with Gasteiger partial charge >= 0.3 is 0 Å². The van der Waals surface area contributed by atoms with Gasteiger partial charge in [0.15, 0.2) is 11.5 Å². The molecule has 1 heterocycles. The fourth-order valence-electron chi connectivity index (χ4n) is 2.35. The van der Waals surface area contributed by atoms with Crippen LogP contribution in [-0.2, 0) is 4.74 Å². The molecule has 2 atom stereocenters. The molecule has 4 nitrogen and oxygen atoms in total. The average Bonchev–Trinajstić information content (AvgIpc) is 2.69. The minimum atomic E-state index is 0.277. The zero-order valence-corrected chi connectivity index (χ0v) is 12.6. The van der Waals surface area contributed by atoms with Crippen LogP contribution in [0.2, 0.25) is 0 Å². The van der Waals surface area contributed by atoms with E-state index in [1.807, 2.05) is 6.07 Å². The summed E-state index contributed by atoms with van der Waals surface area (Å²) < 4.78 is 16.5. The smallest absolute Gasteiger partial charge is 0.161 e. The van der Waals surface area contributed by atoms with Crippen LogP contribution in [0.1, 0.15) is 38.3 Å². The highest BCUT2D eigenvalue weighted by Gasteiger charge is 2.14. The largest absolute Gasteiger partial charge is 0.490 e. The van der Waals surface area contributed by atoms with E-state index in [9.17, 15) is 0 Å². The first-order valence-corrected chi connectivity index (χ1v) is 7.35. The maximum absolute atomic E-state index is 5.74. The van der Waals surface area contributed by atoms with Crippen LogP contribution >= 0.6 is 0 Å². The summed E-state index contributed by atoms with van der Waals surface area (Å²) in [5.74, 6) is 1.71. The van der Waals surface area contributed by atoms with Crippen molar-refractivity contribution in [2.24, 2.45) is 0 Å². The molecule has 4 heteroatoms. The number of hydrogen-bond acceptors (Lipinski definition) is 4. The lowest BCUT2D eigenvalue weighted by Crippen LogP contribution is -2.29. The normalized spacial score (nSPS) is 17.4. The van der Waals surface area contributed by atoms with Gasteiger partial charge in [0.25, 0.3) is 0 Å². The van der Waals surface area contributed by atoms with Crippen molar-refractivity contribution < 1.29 is 14.2 Å². The minimum Gasteiger partial charge on any atom is -0.490 e. The SMILES string of the molecule is COCCC(C)NC(C)c1ccc2c(c1)OCCCO2. The molecule has 20 heavy (non-hydrogen) atoms. The first kappa shape index (κ1) is 15.1. The highest BCUT2D eigenvalue weighted by Crippen LogP contribution is 2.32. The summed E-state index contributed by atoms with van der Waals surface area (Å²) in [7, 11) is 1.74. The van der Waals surface area contributed by atoms with Crippen molar-refractivity contribution in [3.8, 4) is 11.5 Å². The summed E-state index contributed by atoms with van der Waals surface area (Å²) in [5, 5.41) is 3.58. The maximum Gasteiger partial charge on any atom is 0.161 e. The molecule has 0 saturated carbocycles. The van der Waals surface area contributed by atoms with Crippen LogP contribution in [0.4, 0.5) is 0 Å². The van der Waals surface area contributed by atoms with Crippen LogP contribution in [0.15, 0.2) is 18.2 Å². The van der Waals surface area contributed by atoms with Crippen molar-refractivity contribution in [2.45, 2.75) is 38.8 Å². The lowest BCUT2D eigenvalue weighted by molar-refractivity contribution is 0.183. The van der Waals surface area contributed by atoms with E-state index in [2.05, 4.69) is 31.3 Å². The molecular formula is C16H25NO3. The molecule has 1 aromatic rings. The Balaban J connectivity index is 1.99. The Hall–Kier alpha value is -1.26. The van der Waals surface area contributed by atoms with Crippen molar-refractivity contribution in [2.75, 3.05) is 26.9 Å². The first-order chi connectivity index (χ1) is 9.70. The average molecular weight is 279 g/mol. The molecule has 0 saturated heterocycles. The molecule has 2 unspecified atom stereocenters. The molecule has 112 valence electrons. The molecule has 1 aromatic carbocycles. The maximum atomic E-state index is 5.74. The van der Waals surface area contributed by atoms with Gasteiger partial charge in [-0.15, -0.1) is 0 Å². The predicted molar refractivity (Wildman–Crippen MR) is 79.6 cm³/mol. The summed E-state index contributed by atoms with van der Waals surface area (Å²) in [6.45, 7) is 6.58. The van der Waals surface area contributed by atoms with Gasteiger partial charge in [-0.25, -0.2) is 0 Å². The molecule has 0 bridgehead atoms. The van der Waals surface area contributed by atoms with E-state index in [1.54, 1.807) is 7.11 Å². The van der Waals surface area contributed by atoms with Crippen molar-refractivity contribution in [3.63, 3.8) is 0 Å². The lowest BCUT2D eigenvalue weighted by atomic mass is 10.1. The monoisotopic (exact) mass is 279 g/mol. The second kappa shape index (κ2) is 7.50. The summed E-state index contributed by atoms with van der Waals surface area (Å²) >= 11 is 0. The van der Waals surface area contributed by atoms with Crippen molar-refractivity contribution in [1.82, 2.24) is 5.32 Å². The number of benzene rings is 1. The van der Waals surface area contributed by atoms with E-state index in [0.717, 1.165) is 44.2 Å². The lowest BCUT2D eigenvalue weighted by Gasteiger charge is -2.21. The van der Waals surface area contributed by atoms with Gasteiger partial charge in [0.2, 0.25) is 0 Å². The van der Waals surface area contributed by atoms with E-state index < -0.39 is 0 Å². The van der Waals surface area contributed by atoms with Gasteiger partial charge in [0, 0.05) is 32.2 Å². The fourth-order valence-corrected chi connectivity index (χ4v) is 2.35. The predicted octanol–water partition coefficient (Wildman–Crippen LogP) is 2.92. The van der Waals surface area contributed by atoms with Crippen molar-refractivity contribution >= 4 is 0 Å². The summed E-state index contributed by atoms with van der Waals surface area (Å²) in [4.78, 5) is 0. The Morgan fingerprint density at radius 2 is 1.95 bits per heavy atom. The molecule has 1 N–H and O–H groups in total. The molecule has 2 rings (SSSR count). The van der Waals surface area contributed by atoms with Gasteiger partial charge in [-0.05, 0) is 38.0 Å². The van der Waals surface area contributed by atoms with Gasteiger partial charge in [-0.3, -0.25) is 0 Å². The second-order valence-electron chi connectivity index (χ2n) is 5.33. The molecular weight excluding hydrogens is 254 g/mol. The molecule has 1 aliphatic rings. The van der Waals surface area contributed by atoms with Gasteiger partial charge in [-0.1, -0.05) is 6.07 Å². The van der Waals surface area contributed by atoms with Crippen LogP contribution in [0.3, 0.4) is 0 Å². The first-order valence-electron chi connectivity index (χ1n) is 7.35. The van der Waals surface area contributed by atoms with E-state index in [-0.39, 0.29) is 6.04 Å². The Bertz CT molecular complexity index is 422. The van der Waals surface area contributed by atoms with Gasteiger partial charge in [0.05, 0.1) is 13.2 Å². The summed E-state index contributed by atoms with van der Waals surface area (Å²) in [5.41, 5.74) is 1.22. The number of rotatable bonds is 6. The Morgan fingerprint density at radius 1 is 1.20 bits per heavy atom. The Morgan fingerprint density at radius 3 is 2.70 bits per heavy atom. The summed E-state index contributed by atoms with van der Waals surface area (Å²) in [6.07, 6.45) is 1.94. The van der Waals surface area contributed by atoms with Crippen molar-refractivity contribution in [3.05, 3.63) is 23.8 Å². The van der Waals surface area contributed by atoms with E-state index >= 15 is 0 Å². The van der Waals surface area contributed by atoms with Gasteiger partial charge in [-0.2, -0.15) is 0 Å². The van der Waals surface area contributed by atoms with Crippen LogP contribution in [0, 0.1) is 0 Å². The molecule has 0 fully saturated rings. The molecule has 0 aliphatic carbocycles. The molecule has 0 spiro atoms. The zero-order chi connectivity index (χ0) is 14.4. The fraction of sp³-hybridized carbons (Fsp3) is 0.625. The molecule has 0 amide bonds. The third-order valence-corrected chi connectivity index (χ3v) is 3.56. The quantitative estimate of drug-likeness (QED) is 0.869. The zero-order valence-electron chi connectivity index (χ0n) is 12.6. The summed E-state index contributed by atoms with van der Waals surface area (Å²) in [6, 6.07) is 6.89. The van der Waals surface area contributed by atoms with Crippen LogP contribution in [0.25, 0.3) is 0 Å². The third kappa shape index (κ3) is 4.12. The van der Waals surface area contributed by atoms with Crippen LogP contribution in [0.5, 0.6) is 11.5 Å². The second-order valence-corrected chi connectivity index (χ2v) is 5.33. The van der Waals surface area contributed by atoms with Crippen LogP contribution in [-0.4, -0.2) is 33.0 Å². The van der Waals surface area contributed by atoms with E-state index in [0.29, 0.717) is 6.04 Å². The number of methoxy groups -OCH3 is 1. The number of ether oxygens (including phenoxy) is 3. The topological polar surface area (TPSA) is 39.7 Å². The van der Waals surface area contributed by atoms with Gasteiger partial charge < -0.3 is 19.5 Å². The van der Waals surface area contributed by atoms with E-state index in [1.165, 1.54) is 5.56 Å². The number of hydrogen-bond donors (Lipinski definition) is 1. The van der Waals surface area contributed by atoms with Gasteiger partial charge in [0.1, 0.15) is 0 Å². The highest BCUT2D eigenvalue weighted by molar-refractivity contribution is 5.44. The third-order valence-electron chi connectivity index (χ3n) is 3.56. The molecule has 0 radical (unpaired) electrons.